The van der Waals surface area contributed by atoms with Crippen LogP contribution in [0.3, 0.4) is 0 Å². The van der Waals surface area contributed by atoms with E-state index in [0.29, 0.717) is 6.42 Å². The zero-order valence-corrected chi connectivity index (χ0v) is 13.4. The Bertz CT molecular complexity index is 614. The normalized spacial score (nSPS) is 27.0. The zero-order chi connectivity index (χ0) is 19.8. The molecule has 0 saturated carbocycles. The van der Waals surface area contributed by atoms with E-state index in [0.717, 1.165) is 5.56 Å². The highest BCUT2D eigenvalue weighted by atomic mass is 16.6. The van der Waals surface area contributed by atoms with E-state index < -0.39 is 43.4 Å². The standard InChI is InChI=1S/C17H22O8/c18-15(19)10-22-9-14-17(25-8-12-4-2-1-3-5-12)13(6-7-23-14)24-11-16(20)21/h1-5,13-14,17H,6-11H2,(H,18,19)(H,20,21)/t13-,14-,17+/m1/s1/i10D,11D/t10?,11?,13-,14-,17+. The molecule has 1 fully saturated rings. The van der Waals surface area contributed by atoms with Gasteiger partial charge in [0.25, 0.3) is 0 Å². The molecule has 0 bridgehead atoms. The van der Waals surface area contributed by atoms with Gasteiger partial charge < -0.3 is 29.2 Å². The van der Waals surface area contributed by atoms with Crippen LogP contribution in [0.2, 0.25) is 0 Å². The number of ether oxygens (including phenoxy) is 4. The van der Waals surface area contributed by atoms with Crippen LogP contribution in [-0.4, -0.2) is 66.8 Å². The summed E-state index contributed by atoms with van der Waals surface area (Å²) in [6.45, 7) is -3.40. The summed E-state index contributed by atoms with van der Waals surface area (Å²) in [6.07, 6.45) is -1.99. The summed E-state index contributed by atoms with van der Waals surface area (Å²) in [6, 6.07) is 9.23. The number of aliphatic carboxylic acids is 2. The molecule has 0 spiro atoms. The Balaban J connectivity index is 2.06. The molecule has 1 aromatic carbocycles. The molecule has 2 N–H and O–H groups in total. The fourth-order valence-electron chi connectivity index (χ4n) is 2.46. The molecule has 1 aliphatic heterocycles. The van der Waals surface area contributed by atoms with Gasteiger partial charge in [0, 0.05) is 6.61 Å². The summed E-state index contributed by atoms with van der Waals surface area (Å²) in [5.41, 5.74) is 0.867. The predicted molar refractivity (Wildman–Crippen MR) is 85.2 cm³/mol. The van der Waals surface area contributed by atoms with E-state index in [9.17, 15) is 9.59 Å². The number of carbonyl (C=O) groups is 2. The highest BCUT2D eigenvalue weighted by Crippen LogP contribution is 2.23. The first-order valence-corrected chi connectivity index (χ1v) is 7.72. The molecule has 2 unspecified atom stereocenters. The lowest BCUT2D eigenvalue weighted by atomic mass is 10.0. The van der Waals surface area contributed by atoms with Gasteiger partial charge in [-0.15, -0.1) is 0 Å². The maximum absolute atomic E-state index is 10.9. The van der Waals surface area contributed by atoms with Crippen LogP contribution < -0.4 is 0 Å². The van der Waals surface area contributed by atoms with Gasteiger partial charge in [-0.3, -0.25) is 0 Å². The van der Waals surface area contributed by atoms with Gasteiger partial charge in [-0.05, 0) is 12.0 Å². The summed E-state index contributed by atoms with van der Waals surface area (Å²) < 4.78 is 36.5. The Labute approximate surface area is 148 Å². The third-order valence-corrected chi connectivity index (χ3v) is 3.54. The Kier molecular flexibility index (Phi) is 6.65. The molecular formula is C17H22O8. The van der Waals surface area contributed by atoms with E-state index in [1.165, 1.54) is 0 Å². The van der Waals surface area contributed by atoms with Gasteiger partial charge in [0.2, 0.25) is 0 Å². The third-order valence-electron chi connectivity index (χ3n) is 3.54. The van der Waals surface area contributed by atoms with Crippen LogP contribution in [-0.2, 0) is 35.1 Å². The van der Waals surface area contributed by atoms with Crippen molar-refractivity contribution >= 4 is 11.9 Å². The molecule has 8 heteroatoms. The second kappa shape index (κ2) is 10.1. The number of rotatable bonds is 10. The minimum absolute atomic E-state index is 0.185. The van der Waals surface area contributed by atoms with Crippen LogP contribution in [0, 0.1) is 0 Å². The van der Waals surface area contributed by atoms with Crippen molar-refractivity contribution in [1.82, 2.24) is 0 Å². The molecule has 0 aromatic heterocycles. The van der Waals surface area contributed by atoms with Gasteiger partial charge in [0.15, 0.2) is 0 Å². The van der Waals surface area contributed by atoms with Crippen LogP contribution in [0.15, 0.2) is 30.3 Å². The van der Waals surface area contributed by atoms with E-state index in [-0.39, 0.29) is 19.8 Å². The van der Waals surface area contributed by atoms with Crippen LogP contribution in [0.4, 0.5) is 0 Å². The average Bonchev–Trinajstić information content (AvgIpc) is 2.65. The lowest BCUT2D eigenvalue weighted by Gasteiger charge is -2.37. The topological polar surface area (TPSA) is 112 Å². The molecule has 2 rings (SSSR count). The number of carboxylic acid groups (broad SMARTS) is 2. The Hall–Kier alpha value is -2.00. The predicted octanol–water partition coefficient (Wildman–Crippen LogP) is 0.932. The summed E-state index contributed by atoms with van der Waals surface area (Å²) >= 11 is 0. The molecule has 1 heterocycles. The fraction of sp³-hybridized carbons (Fsp3) is 0.529. The molecule has 1 saturated heterocycles. The maximum atomic E-state index is 10.9. The van der Waals surface area contributed by atoms with Crippen LogP contribution in [0.1, 0.15) is 14.7 Å². The molecule has 1 aromatic rings. The molecule has 0 radical (unpaired) electrons. The van der Waals surface area contributed by atoms with E-state index in [4.69, 9.17) is 31.9 Å². The van der Waals surface area contributed by atoms with Gasteiger partial charge in [0.1, 0.15) is 25.4 Å². The molecule has 8 nitrogen and oxygen atoms in total. The van der Waals surface area contributed by atoms with Crippen molar-refractivity contribution in [2.75, 3.05) is 26.4 Å². The van der Waals surface area contributed by atoms with Gasteiger partial charge in [-0.25, -0.2) is 9.59 Å². The molecule has 138 valence electrons. The number of hydrogen-bond donors (Lipinski definition) is 2. The largest absolute Gasteiger partial charge is 0.480 e. The Morgan fingerprint density at radius 3 is 2.56 bits per heavy atom. The Morgan fingerprint density at radius 2 is 1.88 bits per heavy atom. The van der Waals surface area contributed by atoms with Crippen molar-refractivity contribution in [2.24, 2.45) is 0 Å². The van der Waals surface area contributed by atoms with E-state index >= 15 is 0 Å². The lowest BCUT2D eigenvalue weighted by molar-refractivity contribution is -0.198. The average molecular weight is 356 g/mol. The molecule has 5 atom stereocenters. The zero-order valence-electron chi connectivity index (χ0n) is 15.4. The van der Waals surface area contributed by atoms with Crippen molar-refractivity contribution < 1.29 is 41.5 Å². The fourth-order valence-corrected chi connectivity index (χ4v) is 2.46. The molecule has 0 aliphatic carbocycles. The second-order valence-electron chi connectivity index (χ2n) is 5.38. The summed E-state index contributed by atoms with van der Waals surface area (Å²) in [7, 11) is 0. The second-order valence-corrected chi connectivity index (χ2v) is 5.38. The summed E-state index contributed by atoms with van der Waals surface area (Å²) in [5.74, 6) is -2.86. The first kappa shape index (κ1) is 16.5. The van der Waals surface area contributed by atoms with Gasteiger partial charge in [-0.2, -0.15) is 0 Å². The van der Waals surface area contributed by atoms with E-state index in [2.05, 4.69) is 0 Å². The molecule has 25 heavy (non-hydrogen) atoms. The van der Waals surface area contributed by atoms with E-state index in [1.54, 1.807) is 0 Å². The van der Waals surface area contributed by atoms with Crippen LogP contribution >= 0.6 is 0 Å². The summed E-state index contributed by atoms with van der Waals surface area (Å²) in [5, 5.41) is 17.7. The first-order valence-electron chi connectivity index (χ1n) is 8.88. The van der Waals surface area contributed by atoms with Crippen molar-refractivity contribution in [3.8, 4) is 0 Å². The smallest absolute Gasteiger partial charge is 0.329 e. The van der Waals surface area contributed by atoms with Crippen molar-refractivity contribution in [2.45, 2.75) is 31.3 Å². The highest BCUT2D eigenvalue weighted by Gasteiger charge is 2.36. The van der Waals surface area contributed by atoms with E-state index in [1.807, 2.05) is 30.3 Å². The van der Waals surface area contributed by atoms with Gasteiger partial charge in [0.05, 0.1) is 22.1 Å². The third kappa shape index (κ3) is 6.79. The quantitative estimate of drug-likeness (QED) is 0.637. The number of benzene rings is 1. The molecule has 0 amide bonds. The van der Waals surface area contributed by atoms with Crippen molar-refractivity contribution in [1.29, 1.82) is 0 Å². The van der Waals surface area contributed by atoms with Crippen molar-refractivity contribution in [3.05, 3.63) is 35.9 Å². The number of carboxylic acids is 2. The molecule has 1 aliphatic rings. The van der Waals surface area contributed by atoms with Gasteiger partial charge in [-0.1, -0.05) is 30.3 Å². The summed E-state index contributed by atoms with van der Waals surface area (Å²) in [4.78, 5) is 21.7. The van der Waals surface area contributed by atoms with Crippen molar-refractivity contribution in [3.63, 3.8) is 0 Å². The first-order chi connectivity index (χ1) is 12.9. The van der Waals surface area contributed by atoms with Crippen LogP contribution in [0.5, 0.6) is 0 Å². The Morgan fingerprint density at radius 1 is 1.16 bits per heavy atom. The van der Waals surface area contributed by atoms with Crippen LogP contribution in [0.25, 0.3) is 0 Å². The minimum atomic E-state index is -1.78. The minimum Gasteiger partial charge on any atom is -0.480 e. The highest BCUT2D eigenvalue weighted by molar-refractivity contribution is 5.68. The number of hydrogen-bond acceptors (Lipinski definition) is 6. The maximum Gasteiger partial charge on any atom is 0.329 e. The van der Waals surface area contributed by atoms with Gasteiger partial charge >= 0.3 is 11.9 Å². The lowest BCUT2D eigenvalue weighted by Crippen LogP contribution is -2.50. The molecular weight excluding hydrogens is 332 g/mol. The monoisotopic (exact) mass is 356 g/mol. The SMILES string of the molecule is [2H]C(OC[C@H]1OCC[C@@H](OC([2H])C(=O)O)[C@@H]1OCc1ccccc1)C(=O)O.